The van der Waals surface area contributed by atoms with Crippen LogP contribution in [0.2, 0.25) is 0 Å². The van der Waals surface area contributed by atoms with E-state index in [1.807, 2.05) is 20.8 Å². The highest BCUT2D eigenvalue weighted by atomic mass is 16.4. The molecule has 2 fully saturated rings. The van der Waals surface area contributed by atoms with Crippen LogP contribution in [0.5, 0.6) is 0 Å². The van der Waals surface area contributed by atoms with Gasteiger partial charge in [-0.05, 0) is 24.7 Å². The molecule has 124 valence electrons. The van der Waals surface area contributed by atoms with Crippen molar-refractivity contribution in [2.75, 3.05) is 19.6 Å². The third kappa shape index (κ3) is 3.78. The van der Waals surface area contributed by atoms with Gasteiger partial charge in [-0.1, -0.05) is 20.8 Å². The van der Waals surface area contributed by atoms with Crippen molar-refractivity contribution in [1.29, 1.82) is 0 Å². The van der Waals surface area contributed by atoms with Crippen LogP contribution in [0.15, 0.2) is 0 Å². The SMILES string of the molecule is CC(C)(C)CC(=O)N1CCCC1C(=O)N1CCC(C(=O)O)C1. The minimum absolute atomic E-state index is 0.0253. The summed E-state index contributed by atoms with van der Waals surface area (Å²) in [5, 5.41) is 9.04. The monoisotopic (exact) mass is 310 g/mol. The molecule has 2 atom stereocenters. The van der Waals surface area contributed by atoms with E-state index >= 15 is 0 Å². The van der Waals surface area contributed by atoms with Crippen LogP contribution in [0.1, 0.15) is 46.5 Å². The lowest BCUT2D eigenvalue weighted by Gasteiger charge is -2.30. The van der Waals surface area contributed by atoms with Gasteiger partial charge in [0, 0.05) is 26.1 Å². The number of aliphatic carboxylic acids is 1. The Kier molecular flexibility index (Phi) is 4.78. The van der Waals surface area contributed by atoms with Crippen molar-refractivity contribution in [3.63, 3.8) is 0 Å². The molecule has 0 saturated carbocycles. The third-order valence-electron chi connectivity index (χ3n) is 4.39. The van der Waals surface area contributed by atoms with Crippen LogP contribution in [0.3, 0.4) is 0 Å². The number of carboxylic acid groups (broad SMARTS) is 1. The molecule has 2 rings (SSSR count). The average molecular weight is 310 g/mol. The van der Waals surface area contributed by atoms with E-state index in [-0.39, 0.29) is 23.8 Å². The molecule has 0 spiro atoms. The number of amides is 2. The Morgan fingerprint density at radius 2 is 1.82 bits per heavy atom. The first-order valence-electron chi connectivity index (χ1n) is 8.00. The molecule has 2 heterocycles. The summed E-state index contributed by atoms with van der Waals surface area (Å²) in [6, 6.07) is -0.401. The van der Waals surface area contributed by atoms with Crippen LogP contribution in [-0.4, -0.2) is 58.4 Å². The first kappa shape index (κ1) is 16.8. The Morgan fingerprint density at radius 1 is 1.14 bits per heavy atom. The van der Waals surface area contributed by atoms with Gasteiger partial charge in [-0.3, -0.25) is 14.4 Å². The molecule has 0 aromatic carbocycles. The number of nitrogens with zero attached hydrogens (tertiary/aromatic N) is 2. The van der Waals surface area contributed by atoms with Gasteiger partial charge < -0.3 is 14.9 Å². The van der Waals surface area contributed by atoms with E-state index in [1.54, 1.807) is 9.80 Å². The van der Waals surface area contributed by atoms with Crippen molar-refractivity contribution >= 4 is 17.8 Å². The predicted octanol–water partition coefficient (Wildman–Crippen LogP) is 1.35. The molecular weight excluding hydrogens is 284 g/mol. The minimum Gasteiger partial charge on any atom is -0.481 e. The molecule has 0 bridgehead atoms. The maximum Gasteiger partial charge on any atom is 0.308 e. The fourth-order valence-corrected chi connectivity index (χ4v) is 3.25. The lowest BCUT2D eigenvalue weighted by atomic mass is 9.91. The van der Waals surface area contributed by atoms with E-state index in [2.05, 4.69) is 0 Å². The van der Waals surface area contributed by atoms with E-state index in [0.717, 1.165) is 6.42 Å². The highest BCUT2D eigenvalue weighted by Crippen LogP contribution is 2.27. The number of carbonyl (C=O) groups is 3. The summed E-state index contributed by atoms with van der Waals surface area (Å²) in [5.41, 5.74) is -0.102. The fourth-order valence-electron chi connectivity index (χ4n) is 3.25. The van der Waals surface area contributed by atoms with Crippen LogP contribution in [0.25, 0.3) is 0 Å². The third-order valence-corrected chi connectivity index (χ3v) is 4.39. The molecule has 0 aromatic heterocycles. The summed E-state index contributed by atoms with van der Waals surface area (Å²) >= 11 is 0. The molecule has 22 heavy (non-hydrogen) atoms. The van der Waals surface area contributed by atoms with Crippen molar-refractivity contribution in [2.24, 2.45) is 11.3 Å². The molecule has 2 saturated heterocycles. The molecule has 0 radical (unpaired) electrons. The molecule has 1 N–H and O–H groups in total. The van der Waals surface area contributed by atoms with E-state index < -0.39 is 17.9 Å². The zero-order valence-corrected chi connectivity index (χ0v) is 13.7. The largest absolute Gasteiger partial charge is 0.481 e. The number of hydrogen-bond donors (Lipinski definition) is 1. The van der Waals surface area contributed by atoms with Crippen molar-refractivity contribution in [3.8, 4) is 0 Å². The topological polar surface area (TPSA) is 77.9 Å². The number of hydrogen-bond acceptors (Lipinski definition) is 3. The van der Waals surface area contributed by atoms with Gasteiger partial charge in [0.2, 0.25) is 11.8 Å². The van der Waals surface area contributed by atoms with Crippen molar-refractivity contribution in [2.45, 2.75) is 52.5 Å². The molecule has 2 unspecified atom stereocenters. The zero-order chi connectivity index (χ0) is 16.5. The van der Waals surface area contributed by atoms with E-state index in [0.29, 0.717) is 32.4 Å². The quantitative estimate of drug-likeness (QED) is 0.853. The van der Waals surface area contributed by atoms with Crippen molar-refractivity contribution in [1.82, 2.24) is 9.80 Å². The lowest BCUT2D eigenvalue weighted by Crippen LogP contribution is -2.47. The first-order valence-corrected chi connectivity index (χ1v) is 8.00. The fraction of sp³-hybridized carbons (Fsp3) is 0.812. The number of likely N-dealkylation sites (tertiary alicyclic amines) is 2. The molecule has 2 amide bonds. The Labute approximate surface area is 131 Å². The van der Waals surface area contributed by atoms with Gasteiger partial charge in [0.05, 0.1) is 5.92 Å². The van der Waals surface area contributed by atoms with Gasteiger partial charge in [0.25, 0.3) is 0 Å². The van der Waals surface area contributed by atoms with Gasteiger partial charge in [0.15, 0.2) is 0 Å². The average Bonchev–Trinajstić information content (AvgIpc) is 3.05. The Bertz CT molecular complexity index is 469. The summed E-state index contributed by atoms with van der Waals surface area (Å²) in [6.07, 6.45) is 2.45. The normalized spacial score (nSPS) is 25.6. The number of carbonyl (C=O) groups excluding carboxylic acids is 2. The molecule has 6 nitrogen and oxygen atoms in total. The van der Waals surface area contributed by atoms with Crippen LogP contribution >= 0.6 is 0 Å². The Balaban J connectivity index is 2.00. The van der Waals surface area contributed by atoms with Gasteiger partial charge in [-0.15, -0.1) is 0 Å². The predicted molar refractivity (Wildman–Crippen MR) is 81.1 cm³/mol. The molecular formula is C16H26N2O4. The van der Waals surface area contributed by atoms with Crippen LogP contribution < -0.4 is 0 Å². The molecule has 0 aliphatic carbocycles. The van der Waals surface area contributed by atoms with Crippen LogP contribution in [0.4, 0.5) is 0 Å². The number of carboxylic acids is 1. The Morgan fingerprint density at radius 3 is 2.36 bits per heavy atom. The number of rotatable bonds is 3. The molecule has 0 aromatic rings. The maximum absolute atomic E-state index is 12.6. The standard InChI is InChI=1S/C16H26N2O4/c1-16(2,3)9-13(19)18-7-4-5-12(18)14(20)17-8-6-11(10-17)15(21)22/h11-12H,4-10H2,1-3H3,(H,21,22). The molecule has 6 heteroatoms. The molecule has 2 aliphatic heterocycles. The van der Waals surface area contributed by atoms with E-state index in [4.69, 9.17) is 5.11 Å². The smallest absolute Gasteiger partial charge is 0.308 e. The summed E-state index contributed by atoms with van der Waals surface area (Å²) in [7, 11) is 0. The summed E-state index contributed by atoms with van der Waals surface area (Å²) in [5.74, 6) is -1.37. The second kappa shape index (κ2) is 6.26. The van der Waals surface area contributed by atoms with E-state index in [9.17, 15) is 14.4 Å². The lowest BCUT2D eigenvalue weighted by molar-refractivity contribution is -0.145. The first-order chi connectivity index (χ1) is 10.2. The van der Waals surface area contributed by atoms with Gasteiger partial charge >= 0.3 is 5.97 Å². The summed E-state index contributed by atoms with van der Waals surface area (Å²) in [6.45, 7) is 7.41. The summed E-state index contributed by atoms with van der Waals surface area (Å²) in [4.78, 5) is 39.4. The van der Waals surface area contributed by atoms with Crippen LogP contribution in [0, 0.1) is 11.3 Å². The second-order valence-corrected chi connectivity index (χ2v) is 7.59. The minimum atomic E-state index is -0.845. The van der Waals surface area contributed by atoms with Crippen molar-refractivity contribution < 1.29 is 19.5 Å². The van der Waals surface area contributed by atoms with Gasteiger partial charge in [-0.2, -0.15) is 0 Å². The van der Waals surface area contributed by atoms with E-state index in [1.165, 1.54) is 0 Å². The second-order valence-electron chi connectivity index (χ2n) is 7.59. The van der Waals surface area contributed by atoms with Crippen molar-refractivity contribution in [3.05, 3.63) is 0 Å². The highest BCUT2D eigenvalue weighted by molar-refractivity contribution is 5.89. The van der Waals surface area contributed by atoms with Gasteiger partial charge in [-0.25, -0.2) is 0 Å². The zero-order valence-electron chi connectivity index (χ0n) is 13.7. The van der Waals surface area contributed by atoms with Crippen LogP contribution in [-0.2, 0) is 14.4 Å². The maximum atomic E-state index is 12.6. The summed E-state index contributed by atoms with van der Waals surface area (Å²) < 4.78 is 0. The Hall–Kier alpha value is -1.59. The van der Waals surface area contributed by atoms with Gasteiger partial charge in [0.1, 0.15) is 6.04 Å². The highest BCUT2D eigenvalue weighted by Gasteiger charge is 2.40. The molecule has 2 aliphatic rings.